The maximum Gasteiger partial charge on any atom is 0.266 e. The molecule has 140 valence electrons. The summed E-state index contributed by atoms with van der Waals surface area (Å²) in [6, 6.07) is 17.6. The number of para-hydroxylation sites is 1. The highest BCUT2D eigenvalue weighted by atomic mass is 32.2. The topological polar surface area (TPSA) is 41.9 Å². The van der Waals surface area contributed by atoms with Crippen LogP contribution in [0.4, 0.5) is 0 Å². The van der Waals surface area contributed by atoms with Crippen molar-refractivity contribution in [3.63, 3.8) is 0 Å². The molecule has 2 aromatic carbocycles. The first-order valence-corrected chi connectivity index (χ1v) is 9.89. The Morgan fingerprint density at radius 1 is 1.00 bits per heavy atom. The van der Waals surface area contributed by atoms with Crippen LogP contribution in [0, 0.1) is 0 Å². The maximum atomic E-state index is 12.8. The molecule has 1 amide bonds. The zero-order valence-corrected chi connectivity index (χ0v) is 16.9. The first-order valence-electron chi connectivity index (χ1n) is 9.08. The molecule has 1 saturated heterocycles. The van der Waals surface area contributed by atoms with E-state index in [1.807, 2.05) is 88.4 Å². The number of amides is 1. The number of rotatable bonds is 5. The van der Waals surface area contributed by atoms with E-state index in [0.29, 0.717) is 4.91 Å². The molecule has 1 aliphatic rings. The SMILES string of the molecule is CC(C)N=C1S/C(=C/c2cccc(Oc3ccccc3)c2)C(=O)N1C(C)C. The lowest BCUT2D eigenvalue weighted by Gasteiger charge is -2.20. The van der Waals surface area contributed by atoms with E-state index in [-0.39, 0.29) is 18.0 Å². The van der Waals surface area contributed by atoms with Gasteiger partial charge in [0.15, 0.2) is 5.17 Å². The van der Waals surface area contributed by atoms with Gasteiger partial charge in [-0.3, -0.25) is 14.7 Å². The van der Waals surface area contributed by atoms with Crippen molar-refractivity contribution in [2.24, 2.45) is 4.99 Å². The molecule has 0 radical (unpaired) electrons. The Balaban J connectivity index is 1.86. The molecule has 0 bridgehead atoms. The smallest absolute Gasteiger partial charge is 0.266 e. The minimum absolute atomic E-state index is 0.00350. The van der Waals surface area contributed by atoms with Crippen molar-refractivity contribution in [1.29, 1.82) is 0 Å². The van der Waals surface area contributed by atoms with Crippen LogP contribution >= 0.6 is 11.8 Å². The van der Waals surface area contributed by atoms with E-state index >= 15 is 0 Å². The summed E-state index contributed by atoms with van der Waals surface area (Å²) in [5.74, 6) is 1.53. The largest absolute Gasteiger partial charge is 0.457 e. The van der Waals surface area contributed by atoms with Gasteiger partial charge in [-0.2, -0.15) is 0 Å². The van der Waals surface area contributed by atoms with Crippen LogP contribution in [0.25, 0.3) is 6.08 Å². The monoisotopic (exact) mass is 380 g/mol. The number of nitrogens with zero attached hydrogens (tertiary/aromatic N) is 2. The van der Waals surface area contributed by atoms with Gasteiger partial charge in [-0.25, -0.2) is 0 Å². The van der Waals surface area contributed by atoms with Crippen molar-refractivity contribution in [2.45, 2.75) is 39.8 Å². The van der Waals surface area contributed by atoms with Gasteiger partial charge in [-0.15, -0.1) is 0 Å². The minimum atomic E-state index is 0.00350. The predicted molar refractivity (Wildman–Crippen MR) is 113 cm³/mol. The molecule has 4 nitrogen and oxygen atoms in total. The number of hydrogen-bond donors (Lipinski definition) is 0. The lowest BCUT2D eigenvalue weighted by molar-refractivity contribution is -0.123. The van der Waals surface area contributed by atoms with E-state index in [1.54, 1.807) is 4.90 Å². The van der Waals surface area contributed by atoms with Crippen LogP contribution in [0.1, 0.15) is 33.3 Å². The van der Waals surface area contributed by atoms with Gasteiger partial charge in [0.1, 0.15) is 11.5 Å². The van der Waals surface area contributed by atoms with Crippen LogP contribution in [-0.4, -0.2) is 28.1 Å². The average Bonchev–Trinajstić information content (AvgIpc) is 2.90. The fourth-order valence-electron chi connectivity index (χ4n) is 2.70. The van der Waals surface area contributed by atoms with E-state index in [2.05, 4.69) is 4.99 Å². The van der Waals surface area contributed by atoms with Gasteiger partial charge in [0.05, 0.1) is 4.91 Å². The first-order chi connectivity index (χ1) is 12.9. The van der Waals surface area contributed by atoms with E-state index in [4.69, 9.17) is 4.74 Å². The first kappa shape index (κ1) is 19.2. The van der Waals surface area contributed by atoms with Gasteiger partial charge >= 0.3 is 0 Å². The van der Waals surface area contributed by atoms with Crippen molar-refractivity contribution >= 4 is 28.9 Å². The Kier molecular flexibility index (Phi) is 6.01. The van der Waals surface area contributed by atoms with Crippen molar-refractivity contribution in [3.8, 4) is 11.5 Å². The normalized spacial score (nSPS) is 17.6. The van der Waals surface area contributed by atoms with Crippen LogP contribution in [0.2, 0.25) is 0 Å². The van der Waals surface area contributed by atoms with Gasteiger partial charge in [-0.1, -0.05) is 30.3 Å². The van der Waals surface area contributed by atoms with Gasteiger partial charge in [0, 0.05) is 12.1 Å². The number of benzene rings is 2. The highest BCUT2D eigenvalue weighted by Gasteiger charge is 2.35. The van der Waals surface area contributed by atoms with Gasteiger partial charge < -0.3 is 4.74 Å². The van der Waals surface area contributed by atoms with Crippen molar-refractivity contribution in [3.05, 3.63) is 65.1 Å². The van der Waals surface area contributed by atoms with Crippen LogP contribution in [0.15, 0.2) is 64.5 Å². The Hall–Kier alpha value is -2.53. The van der Waals surface area contributed by atoms with Crippen molar-refractivity contribution < 1.29 is 9.53 Å². The van der Waals surface area contributed by atoms with Crippen LogP contribution in [0.3, 0.4) is 0 Å². The summed E-state index contributed by atoms with van der Waals surface area (Å²) < 4.78 is 5.89. The number of amidine groups is 1. The summed E-state index contributed by atoms with van der Waals surface area (Å²) in [5, 5.41) is 0.771. The third-order valence-electron chi connectivity index (χ3n) is 3.86. The van der Waals surface area contributed by atoms with E-state index in [1.165, 1.54) is 11.8 Å². The zero-order valence-electron chi connectivity index (χ0n) is 16.0. The molecule has 27 heavy (non-hydrogen) atoms. The summed E-state index contributed by atoms with van der Waals surface area (Å²) in [7, 11) is 0. The molecule has 1 heterocycles. The van der Waals surface area contributed by atoms with E-state index < -0.39 is 0 Å². The second-order valence-electron chi connectivity index (χ2n) is 6.87. The molecule has 0 saturated carbocycles. The van der Waals surface area contributed by atoms with Crippen LogP contribution < -0.4 is 4.74 Å². The predicted octanol–water partition coefficient (Wildman–Crippen LogP) is 5.57. The Morgan fingerprint density at radius 2 is 1.70 bits per heavy atom. The van der Waals surface area contributed by atoms with Gasteiger partial charge in [0.2, 0.25) is 0 Å². The summed E-state index contributed by atoms with van der Waals surface area (Å²) >= 11 is 1.43. The lowest BCUT2D eigenvalue weighted by Crippen LogP contribution is -2.35. The number of thioether (sulfide) groups is 1. The standard InChI is InChI=1S/C22H24N2O2S/c1-15(2)23-22-24(16(3)4)21(25)20(27-22)14-17-9-8-12-19(13-17)26-18-10-6-5-7-11-18/h5-16H,1-4H3/b20-14+,23-22?. The lowest BCUT2D eigenvalue weighted by atomic mass is 10.2. The Morgan fingerprint density at radius 3 is 2.37 bits per heavy atom. The molecule has 5 heteroatoms. The summed E-state index contributed by atoms with van der Waals surface area (Å²) in [5.41, 5.74) is 0.925. The molecule has 0 aromatic heterocycles. The fraction of sp³-hybridized carbons (Fsp3) is 0.273. The van der Waals surface area contributed by atoms with E-state index in [0.717, 1.165) is 22.2 Å². The number of carbonyl (C=O) groups excluding carboxylic acids is 1. The molecule has 1 aliphatic heterocycles. The van der Waals surface area contributed by atoms with Crippen LogP contribution in [0.5, 0.6) is 11.5 Å². The molecule has 0 N–H and O–H groups in total. The third-order valence-corrected chi connectivity index (χ3v) is 4.85. The number of hydrogen-bond acceptors (Lipinski definition) is 4. The summed E-state index contributed by atoms with van der Waals surface area (Å²) in [6.07, 6.45) is 1.91. The Bertz CT molecular complexity index is 873. The number of aliphatic imine (C=N–C) groups is 1. The molecule has 0 atom stereocenters. The molecule has 0 aliphatic carbocycles. The molecular weight excluding hydrogens is 356 g/mol. The average molecular weight is 381 g/mol. The Labute approximate surface area is 164 Å². The highest BCUT2D eigenvalue weighted by Crippen LogP contribution is 2.34. The summed E-state index contributed by atoms with van der Waals surface area (Å²) in [6.45, 7) is 8.04. The van der Waals surface area contributed by atoms with Gasteiger partial charge in [-0.05, 0) is 75.4 Å². The quantitative estimate of drug-likeness (QED) is 0.637. The molecule has 0 spiro atoms. The number of ether oxygens (including phenoxy) is 1. The second kappa shape index (κ2) is 8.44. The molecule has 3 rings (SSSR count). The van der Waals surface area contributed by atoms with E-state index in [9.17, 15) is 4.79 Å². The maximum absolute atomic E-state index is 12.8. The highest BCUT2D eigenvalue weighted by molar-refractivity contribution is 8.18. The number of carbonyl (C=O) groups is 1. The summed E-state index contributed by atoms with van der Waals surface area (Å²) in [4.78, 5) is 19.9. The van der Waals surface area contributed by atoms with Crippen LogP contribution in [-0.2, 0) is 4.79 Å². The third kappa shape index (κ3) is 4.80. The zero-order chi connectivity index (χ0) is 19.4. The molecule has 2 aromatic rings. The second-order valence-corrected chi connectivity index (χ2v) is 7.88. The fourth-order valence-corrected chi connectivity index (χ4v) is 3.93. The molecule has 1 fully saturated rings. The molecule has 0 unspecified atom stereocenters. The molecular formula is C22H24N2O2S. The van der Waals surface area contributed by atoms with Crippen molar-refractivity contribution in [1.82, 2.24) is 4.90 Å². The minimum Gasteiger partial charge on any atom is -0.457 e. The van der Waals surface area contributed by atoms with Gasteiger partial charge in [0.25, 0.3) is 5.91 Å². The van der Waals surface area contributed by atoms with Crippen molar-refractivity contribution in [2.75, 3.05) is 0 Å².